The van der Waals surface area contributed by atoms with E-state index in [-0.39, 0.29) is 43.6 Å². The molecule has 0 aliphatic heterocycles. The van der Waals surface area contributed by atoms with Gasteiger partial charge in [0.15, 0.2) is 0 Å². The monoisotopic (exact) mass is 309 g/mol. The summed E-state index contributed by atoms with van der Waals surface area (Å²) in [6, 6.07) is 0. The van der Waals surface area contributed by atoms with Gasteiger partial charge in [0.05, 0.1) is 0 Å². The van der Waals surface area contributed by atoms with E-state index >= 15 is 0 Å². The van der Waals surface area contributed by atoms with Crippen LogP contribution in [0.5, 0.6) is 0 Å². The van der Waals surface area contributed by atoms with E-state index in [1.165, 1.54) is 0 Å². The van der Waals surface area contributed by atoms with Gasteiger partial charge in [-0.1, -0.05) is 0 Å². The molecule has 0 atom stereocenters. The number of hydrogen-bond acceptors (Lipinski definition) is 6. The molecule has 0 aromatic carbocycles. The van der Waals surface area contributed by atoms with Crippen LogP contribution in [-0.2, 0) is 70.1 Å². The molecule has 0 heterocycles. The van der Waals surface area contributed by atoms with Gasteiger partial charge in [0.25, 0.3) is 0 Å². The van der Waals surface area contributed by atoms with E-state index in [0.717, 1.165) is 0 Å². The zero-order chi connectivity index (χ0) is 7.15. The fourth-order valence-electron chi connectivity index (χ4n) is 0. The average molecular weight is 310 g/mol. The van der Waals surface area contributed by atoms with E-state index in [0.29, 0.717) is 0 Å². The molecule has 0 saturated heterocycles. The molecular formula is AlO6Ti2Zr. The quantitative estimate of drug-likeness (QED) is 0.411. The summed E-state index contributed by atoms with van der Waals surface area (Å²) in [5.41, 5.74) is 0. The van der Waals surface area contributed by atoms with Crippen LogP contribution in [0, 0.1) is 0 Å². The van der Waals surface area contributed by atoms with Crippen LogP contribution in [0.25, 0.3) is 0 Å². The second kappa shape index (κ2) is 17.4. The van der Waals surface area contributed by atoms with Gasteiger partial charge in [0, 0.05) is 17.4 Å². The van der Waals surface area contributed by atoms with E-state index in [4.69, 9.17) is 21.4 Å². The fraction of sp³-hybridized carbons (Fsp3) is 0. The Morgan fingerprint density at radius 3 is 0.800 bits per heavy atom. The van der Waals surface area contributed by atoms with Crippen molar-refractivity contribution in [2.75, 3.05) is 0 Å². The van der Waals surface area contributed by atoms with Crippen molar-refractivity contribution < 1.29 is 84.8 Å². The van der Waals surface area contributed by atoms with Crippen molar-refractivity contribution in [3.8, 4) is 0 Å². The summed E-state index contributed by atoms with van der Waals surface area (Å²) in [5, 5.41) is 0. The first-order valence-electron chi connectivity index (χ1n) is 1.22. The van der Waals surface area contributed by atoms with Gasteiger partial charge in [-0.25, -0.2) is 0 Å². The van der Waals surface area contributed by atoms with Gasteiger partial charge in [-0.3, -0.25) is 0 Å². The third-order valence-electron chi connectivity index (χ3n) is 0. The zero-order valence-electron chi connectivity index (χ0n) is 4.53. The predicted octanol–water partition coefficient (Wildman–Crippen LogP) is -5.38. The van der Waals surface area contributed by atoms with Gasteiger partial charge in [0.2, 0.25) is 0 Å². The topological polar surface area (TPSA) is 126 Å². The van der Waals surface area contributed by atoms with Gasteiger partial charge in [-0.2, -0.15) is 0 Å². The van der Waals surface area contributed by atoms with Crippen molar-refractivity contribution >= 4 is 17.4 Å². The van der Waals surface area contributed by atoms with Gasteiger partial charge in [0.1, 0.15) is 0 Å². The minimum atomic E-state index is -4.08. The second-order valence-electron chi connectivity index (χ2n) is 0.500. The summed E-state index contributed by atoms with van der Waals surface area (Å²) in [6.07, 6.45) is 0. The first-order valence-corrected chi connectivity index (χ1v) is 5.05. The molecule has 0 aliphatic carbocycles. The summed E-state index contributed by atoms with van der Waals surface area (Å²) in [6.45, 7) is 0. The first kappa shape index (κ1) is 22.8. The SMILES string of the molecule is [Al].[O]=[Ti]([O-])[O-].[O]=[Ti]([O-])[O-].[Zr+4]. The molecule has 0 amide bonds. The van der Waals surface area contributed by atoms with Crippen LogP contribution in [0.15, 0.2) is 0 Å². The molecule has 51 valence electrons. The maximum atomic E-state index is 8.58. The van der Waals surface area contributed by atoms with E-state index in [9.17, 15) is 0 Å². The Bertz CT molecular complexity index is 73.7. The minimum absolute atomic E-state index is 0. The molecule has 0 aromatic heterocycles. The van der Waals surface area contributed by atoms with Crippen LogP contribution in [0.4, 0.5) is 0 Å². The van der Waals surface area contributed by atoms with E-state index in [2.05, 4.69) is 0 Å². The molecule has 3 radical (unpaired) electrons. The van der Waals surface area contributed by atoms with Crippen LogP contribution >= 0.6 is 0 Å². The Morgan fingerprint density at radius 1 is 0.800 bits per heavy atom. The third-order valence-corrected chi connectivity index (χ3v) is 0. The van der Waals surface area contributed by atoms with Crippen LogP contribution in [-0.4, -0.2) is 17.4 Å². The average Bonchev–Trinajstić information content (AvgIpc) is 1.25. The van der Waals surface area contributed by atoms with E-state index in [1.807, 2.05) is 0 Å². The standard InChI is InChI=1S/Al.6O.2Ti.Zr/q;;;4*-1;;;+4. The molecular weight excluding hydrogens is 310 g/mol. The van der Waals surface area contributed by atoms with Crippen LogP contribution in [0.1, 0.15) is 0 Å². The van der Waals surface area contributed by atoms with Crippen LogP contribution in [0.2, 0.25) is 0 Å². The molecule has 0 N–H and O–H groups in total. The summed E-state index contributed by atoms with van der Waals surface area (Å²) in [4.78, 5) is 0. The Kier molecular flexibility index (Phi) is 39.6. The molecule has 0 bridgehead atoms. The largest absolute Gasteiger partial charge is 4.00 e. The second-order valence-corrected chi connectivity index (χ2v) is 2.06. The van der Waals surface area contributed by atoms with Crippen molar-refractivity contribution in [3.05, 3.63) is 0 Å². The molecule has 10 heteroatoms. The minimum Gasteiger partial charge on any atom is 4.00 e. The van der Waals surface area contributed by atoms with Crippen molar-refractivity contribution in [1.29, 1.82) is 0 Å². The molecule has 0 aliphatic rings. The normalized spacial score (nSPS) is 5.20. The number of rotatable bonds is 0. The Hall–Kier alpha value is 2.28. The van der Waals surface area contributed by atoms with Crippen molar-refractivity contribution in [2.45, 2.75) is 0 Å². The Morgan fingerprint density at radius 2 is 0.800 bits per heavy atom. The molecule has 10 heavy (non-hydrogen) atoms. The maximum Gasteiger partial charge on any atom is 4.00 e. The predicted molar refractivity (Wildman–Crippen MR) is 7.13 cm³/mol. The number of hydrogen-bond donors (Lipinski definition) is 0. The molecule has 0 spiro atoms. The maximum absolute atomic E-state index is 8.58. The van der Waals surface area contributed by atoms with Crippen LogP contribution < -0.4 is 14.8 Å². The smallest absolute Gasteiger partial charge is 4.00 e. The van der Waals surface area contributed by atoms with Gasteiger partial charge in [-0.15, -0.1) is 0 Å². The molecule has 0 rings (SSSR count). The first-order chi connectivity index (χ1) is 3.46. The fourth-order valence-corrected chi connectivity index (χ4v) is 0. The van der Waals surface area contributed by atoms with Crippen molar-refractivity contribution in [2.24, 2.45) is 0 Å². The molecule has 6 nitrogen and oxygen atoms in total. The van der Waals surface area contributed by atoms with Crippen LogP contribution in [0.3, 0.4) is 0 Å². The van der Waals surface area contributed by atoms with Gasteiger partial charge in [-0.05, 0) is 0 Å². The molecule has 0 aromatic rings. The molecule has 0 saturated carbocycles. The van der Waals surface area contributed by atoms with E-state index < -0.39 is 37.2 Å². The summed E-state index contributed by atoms with van der Waals surface area (Å²) >= 11 is -8.17. The summed E-state index contributed by atoms with van der Waals surface area (Å²) < 4.78 is 51.5. The molecule has 0 unspecified atom stereocenters. The van der Waals surface area contributed by atoms with Crippen molar-refractivity contribution in [3.63, 3.8) is 0 Å². The van der Waals surface area contributed by atoms with Crippen molar-refractivity contribution in [1.82, 2.24) is 0 Å². The van der Waals surface area contributed by atoms with Gasteiger partial charge < -0.3 is 0 Å². The molecule has 0 fully saturated rings. The summed E-state index contributed by atoms with van der Waals surface area (Å²) in [7, 11) is 0. The summed E-state index contributed by atoms with van der Waals surface area (Å²) in [5.74, 6) is 0. The third kappa shape index (κ3) is 170. The Labute approximate surface area is 101 Å². The Balaban J connectivity index is -0.0000000300. The zero-order valence-corrected chi connectivity index (χ0v) is 11.3. The van der Waals surface area contributed by atoms with E-state index in [1.54, 1.807) is 0 Å². The van der Waals surface area contributed by atoms with Gasteiger partial charge >= 0.3 is 84.8 Å².